The van der Waals surface area contributed by atoms with Gasteiger partial charge in [-0.15, -0.1) is 0 Å². The molecule has 1 saturated carbocycles. The van der Waals surface area contributed by atoms with E-state index in [0.29, 0.717) is 11.4 Å². The van der Waals surface area contributed by atoms with Crippen molar-refractivity contribution in [2.75, 3.05) is 20.7 Å². The summed E-state index contributed by atoms with van der Waals surface area (Å²) in [6, 6.07) is 14.8. The summed E-state index contributed by atoms with van der Waals surface area (Å²) in [7, 11) is 3.30. The molecule has 31 heavy (non-hydrogen) atoms. The Hall–Kier alpha value is -2.86. The van der Waals surface area contributed by atoms with Gasteiger partial charge >= 0.3 is 0 Å². The lowest BCUT2D eigenvalue weighted by Crippen LogP contribution is -2.42. The number of halogens is 1. The van der Waals surface area contributed by atoms with E-state index in [9.17, 15) is 9.59 Å². The number of methoxy groups -OCH3 is 1. The Labute approximate surface area is 187 Å². The second kappa shape index (κ2) is 9.10. The number of hydrogen-bond donors (Lipinski definition) is 0. The number of likely N-dealkylation sites (N-methyl/N-ethyl adjacent to an activating group) is 1. The maximum Gasteiger partial charge on any atom is 0.262 e. The molecule has 0 bridgehead atoms. The number of nitrogens with zero attached hydrogens (tertiary/aromatic N) is 3. The SMILES string of the molecule is COc1cccc(C2=NN(C(=O)CN(C)C(=O)C3CCC3)C(c3ccccc3Cl)C2)c1. The molecule has 1 aliphatic carbocycles. The van der Waals surface area contributed by atoms with Crippen molar-refractivity contribution < 1.29 is 14.3 Å². The topological polar surface area (TPSA) is 62.2 Å². The summed E-state index contributed by atoms with van der Waals surface area (Å²) in [5, 5.41) is 6.75. The molecule has 0 N–H and O–H groups in total. The highest BCUT2D eigenvalue weighted by Crippen LogP contribution is 2.37. The Kier molecular flexibility index (Phi) is 6.28. The van der Waals surface area contributed by atoms with Crippen molar-refractivity contribution in [1.82, 2.24) is 9.91 Å². The van der Waals surface area contributed by atoms with Crippen molar-refractivity contribution in [1.29, 1.82) is 0 Å². The zero-order valence-electron chi connectivity index (χ0n) is 17.8. The van der Waals surface area contributed by atoms with Crippen molar-refractivity contribution >= 4 is 29.1 Å². The molecule has 6 nitrogen and oxygen atoms in total. The fourth-order valence-electron chi connectivity index (χ4n) is 4.03. The number of benzene rings is 2. The van der Waals surface area contributed by atoms with Crippen LogP contribution in [-0.4, -0.2) is 48.1 Å². The van der Waals surface area contributed by atoms with E-state index in [0.717, 1.165) is 41.9 Å². The Balaban J connectivity index is 1.61. The third-order valence-electron chi connectivity index (χ3n) is 6.04. The van der Waals surface area contributed by atoms with Gasteiger partial charge in [0.1, 0.15) is 12.3 Å². The lowest BCUT2D eigenvalue weighted by Gasteiger charge is -2.30. The summed E-state index contributed by atoms with van der Waals surface area (Å²) in [6.45, 7) is -0.00875. The minimum Gasteiger partial charge on any atom is -0.497 e. The second-order valence-electron chi connectivity index (χ2n) is 8.08. The van der Waals surface area contributed by atoms with Gasteiger partial charge in [0.15, 0.2) is 0 Å². The summed E-state index contributed by atoms with van der Waals surface area (Å²) in [5.41, 5.74) is 2.52. The molecule has 0 spiro atoms. The van der Waals surface area contributed by atoms with Crippen LogP contribution in [0.15, 0.2) is 53.6 Å². The zero-order valence-corrected chi connectivity index (χ0v) is 18.5. The van der Waals surface area contributed by atoms with Crippen LogP contribution in [0.4, 0.5) is 0 Å². The first-order valence-corrected chi connectivity index (χ1v) is 10.9. The smallest absolute Gasteiger partial charge is 0.262 e. The molecule has 2 aromatic carbocycles. The molecular formula is C24H26ClN3O3. The van der Waals surface area contributed by atoms with Crippen LogP contribution in [0.25, 0.3) is 0 Å². The van der Waals surface area contributed by atoms with E-state index in [4.69, 9.17) is 16.3 Å². The van der Waals surface area contributed by atoms with Crippen LogP contribution in [-0.2, 0) is 9.59 Å². The van der Waals surface area contributed by atoms with E-state index in [1.807, 2.05) is 48.5 Å². The van der Waals surface area contributed by atoms with Gasteiger partial charge in [-0.2, -0.15) is 5.10 Å². The van der Waals surface area contributed by atoms with Gasteiger partial charge < -0.3 is 9.64 Å². The lowest BCUT2D eigenvalue weighted by molar-refractivity contribution is -0.144. The van der Waals surface area contributed by atoms with Crippen LogP contribution >= 0.6 is 11.6 Å². The normalized spacial score (nSPS) is 18.4. The fourth-order valence-corrected chi connectivity index (χ4v) is 4.29. The third-order valence-corrected chi connectivity index (χ3v) is 6.38. The number of hydrazone groups is 1. The van der Waals surface area contributed by atoms with Crippen molar-refractivity contribution in [2.45, 2.75) is 31.7 Å². The average molecular weight is 440 g/mol. The van der Waals surface area contributed by atoms with E-state index in [1.54, 1.807) is 14.2 Å². The molecule has 1 unspecified atom stereocenters. The molecule has 1 atom stereocenters. The van der Waals surface area contributed by atoms with E-state index in [2.05, 4.69) is 5.10 Å². The number of amides is 2. The van der Waals surface area contributed by atoms with Crippen molar-refractivity contribution in [3.8, 4) is 5.75 Å². The van der Waals surface area contributed by atoms with Gasteiger partial charge in [0.05, 0.1) is 18.9 Å². The highest BCUT2D eigenvalue weighted by molar-refractivity contribution is 6.31. The Bertz CT molecular complexity index is 1020. The highest BCUT2D eigenvalue weighted by Gasteiger charge is 2.36. The third kappa shape index (κ3) is 4.44. The number of hydrogen-bond acceptors (Lipinski definition) is 4. The quantitative estimate of drug-likeness (QED) is 0.674. The van der Waals surface area contributed by atoms with Crippen LogP contribution in [0.1, 0.15) is 42.9 Å². The van der Waals surface area contributed by atoms with Crippen LogP contribution in [0.5, 0.6) is 5.75 Å². The van der Waals surface area contributed by atoms with Crippen molar-refractivity contribution in [3.05, 3.63) is 64.7 Å². The predicted octanol–water partition coefficient (Wildman–Crippen LogP) is 4.28. The molecule has 0 radical (unpaired) electrons. The zero-order chi connectivity index (χ0) is 22.0. The van der Waals surface area contributed by atoms with Gasteiger partial charge in [-0.25, -0.2) is 5.01 Å². The maximum atomic E-state index is 13.2. The molecule has 2 amide bonds. The van der Waals surface area contributed by atoms with E-state index in [1.165, 1.54) is 9.91 Å². The van der Waals surface area contributed by atoms with E-state index in [-0.39, 0.29) is 30.3 Å². The van der Waals surface area contributed by atoms with Gasteiger partial charge in [-0.3, -0.25) is 9.59 Å². The molecule has 0 aromatic heterocycles. The monoisotopic (exact) mass is 439 g/mol. The molecule has 0 saturated heterocycles. The average Bonchev–Trinajstić information content (AvgIpc) is 3.18. The molecule has 1 heterocycles. The second-order valence-corrected chi connectivity index (χ2v) is 8.49. The molecule has 1 fully saturated rings. The first kappa shape index (κ1) is 21.4. The number of carbonyl (C=O) groups excluding carboxylic acids is 2. The predicted molar refractivity (Wildman–Crippen MR) is 120 cm³/mol. The van der Waals surface area contributed by atoms with Gasteiger partial charge in [0.25, 0.3) is 5.91 Å². The molecule has 7 heteroatoms. The Morgan fingerprint density at radius 2 is 1.97 bits per heavy atom. The van der Waals surface area contributed by atoms with Crippen LogP contribution in [0.3, 0.4) is 0 Å². The molecule has 4 rings (SSSR count). The van der Waals surface area contributed by atoms with Gasteiger partial charge in [-0.1, -0.05) is 48.4 Å². The van der Waals surface area contributed by atoms with Gasteiger partial charge in [0, 0.05) is 30.0 Å². The van der Waals surface area contributed by atoms with Crippen LogP contribution in [0, 0.1) is 5.92 Å². The molecule has 162 valence electrons. The summed E-state index contributed by atoms with van der Waals surface area (Å²) in [6.07, 6.45) is 3.42. The lowest BCUT2D eigenvalue weighted by atomic mass is 9.84. The molecule has 2 aromatic rings. The first-order valence-electron chi connectivity index (χ1n) is 10.5. The van der Waals surface area contributed by atoms with Crippen LogP contribution < -0.4 is 4.74 Å². The largest absolute Gasteiger partial charge is 0.497 e. The summed E-state index contributed by atoms with van der Waals surface area (Å²) < 4.78 is 5.34. The maximum absolute atomic E-state index is 13.2. The van der Waals surface area contributed by atoms with Crippen molar-refractivity contribution in [3.63, 3.8) is 0 Å². The number of rotatable bonds is 6. The van der Waals surface area contributed by atoms with Gasteiger partial charge in [-0.05, 0) is 36.6 Å². The molecule has 2 aliphatic rings. The summed E-state index contributed by atoms with van der Waals surface area (Å²) in [4.78, 5) is 27.3. The Morgan fingerprint density at radius 1 is 1.19 bits per heavy atom. The highest BCUT2D eigenvalue weighted by atomic mass is 35.5. The summed E-state index contributed by atoms with van der Waals surface area (Å²) >= 11 is 6.47. The Morgan fingerprint density at radius 3 is 2.65 bits per heavy atom. The number of ether oxygens (including phenoxy) is 1. The van der Waals surface area contributed by atoms with Crippen LogP contribution in [0.2, 0.25) is 5.02 Å². The molecular weight excluding hydrogens is 414 g/mol. The summed E-state index contributed by atoms with van der Waals surface area (Å²) in [5.74, 6) is 0.583. The van der Waals surface area contributed by atoms with E-state index >= 15 is 0 Å². The minimum atomic E-state index is -0.324. The minimum absolute atomic E-state index is 0.00875. The standard InChI is InChI=1S/C24H26ClN3O3/c1-27(24(30)16-7-5-8-16)15-23(29)28-22(19-11-3-4-12-20(19)25)14-21(26-28)17-9-6-10-18(13-17)31-2/h3-4,6,9-13,16,22H,5,7-8,14-15H2,1-2H3. The van der Waals surface area contributed by atoms with E-state index < -0.39 is 0 Å². The molecule has 1 aliphatic heterocycles. The van der Waals surface area contributed by atoms with Gasteiger partial charge in [0.2, 0.25) is 5.91 Å². The first-order chi connectivity index (χ1) is 15.0. The number of carbonyl (C=O) groups is 2. The van der Waals surface area contributed by atoms with Crippen molar-refractivity contribution in [2.24, 2.45) is 11.0 Å². The fraction of sp³-hybridized carbons (Fsp3) is 0.375.